The van der Waals surface area contributed by atoms with Crippen molar-refractivity contribution >= 4 is 21.6 Å². The lowest BCUT2D eigenvalue weighted by atomic mass is 9.94. The molecule has 0 bridgehead atoms. The standard InChI is InChI=1S/C25H32N2O3S/c1-17-16-18(2)20(4)24(19(17)3)31(29,30)26-14-11-22(12-15-26)25(28)27-13-7-9-21-8-5-6-10-23(21)27/h5-6,8,10,16,22H,7,9,11-15H2,1-4H3. The minimum absolute atomic E-state index is 0.126. The quantitative estimate of drug-likeness (QED) is 0.715. The molecule has 0 N–H and O–H groups in total. The first kappa shape index (κ1) is 22.0. The number of hydrogen-bond acceptors (Lipinski definition) is 3. The summed E-state index contributed by atoms with van der Waals surface area (Å²) in [6, 6.07) is 10.2. The predicted molar refractivity (Wildman–Crippen MR) is 124 cm³/mol. The molecule has 4 rings (SSSR count). The normalized spacial score (nSPS) is 18.1. The van der Waals surface area contributed by atoms with Crippen LogP contribution in [0.15, 0.2) is 35.2 Å². The zero-order chi connectivity index (χ0) is 22.3. The van der Waals surface area contributed by atoms with E-state index in [9.17, 15) is 13.2 Å². The van der Waals surface area contributed by atoms with Crippen molar-refractivity contribution in [1.82, 2.24) is 4.31 Å². The van der Waals surface area contributed by atoms with Gasteiger partial charge in [0.25, 0.3) is 0 Å². The summed E-state index contributed by atoms with van der Waals surface area (Å²) in [5.41, 5.74) is 5.89. The number of rotatable bonds is 3. The summed E-state index contributed by atoms with van der Waals surface area (Å²) in [6.45, 7) is 9.22. The maximum atomic E-state index is 13.5. The zero-order valence-corrected chi connectivity index (χ0v) is 19.8. The molecule has 2 heterocycles. The molecular weight excluding hydrogens is 408 g/mol. The van der Waals surface area contributed by atoms with Gasteiger partial charge in [-0.2, -0.15) is 4.31 Å². The molecule has 0 saturated carbocycles. The van der Waals surface area contributed by atoms with E-state index in [1.54, 1.807) is 4.31 Å². The van der Waals surface area contributed by atoms with Gasteiger partial charge in [-0.15, -0.1) is 0 Å². The number of amides is 1. The molecule has 2 aliphatic heterocycles. The summed E-state index contributed by atoms with van der Waals surface area (Å²) in [7, 11) is -3.58. The number of benzene rings is 2. The Kier molecular flexibility index (Phi) is 5.97. The number of fused-ring (bicyclic) bond motifs is 1. The third-order valence-electron chi connectivity index (χ3n) is 7.07. The first-order chi connectivity index (χ1) is 14.7. The van der Waals surface area contributed by atoms with E-state index >= 15 is 0 Å². The van der Waals surface area contributed by atoms with Gasteiger partial charge in [0.15, 0.2) is 0 Å². The Labute approximate surface area is 186 Å². The highest BCUT2D eigenvalue weighted by atomic mass is 32.2. The first-order valence-corrected chi connectivity index (χ1v) is 12.6. The van der Waals surface area contributed by atoms with Gasteiger partial charge in [-0.25, -0.2) is 8.42 Å². The lowest BCUT2D eigenvalue weighted by molar-refractivity contribution is -0.123. The Bertz CT molecular complexity index is 1090. The highest BCUT2D eigenvalue weighted by molar-refractivity contribution is 7.89. The van der Waals surface area contributed by atoms with Crippen LogP contribution in [0.3, 0.4) is 0 Å². The van der Waals surface area contributed by atoms with E-state index in [1.807, 2.05) is 56.9 Å². The number of aryl methyl sites for hydroxylation is 3. The molecule has 2 aromatic carbocycles. The lowest BCUT2D eigenvalue weighted by Crippen LogP contribution is -2.46. The molecule has 0 unspecified atom stereocenters. The van der Waals surface area contributed by atoms with Crippen LogP contribution < -0.4 is 4.90 Å². The van der Waals surface area contributed by atoms with Crippen molar-refractivity contribution in [2.45, 2.75) is 58.3 Å². The number of nitrogens with zero attached hydrogens (tertiary/aromatic N) is 2. The van der Waals surface area contributed by atoms with Crippen LogP contribution in [0.5, 0.6) is 0 Å². The predicted octanol–water partition coefficient (Wildman–Crippen LogP) is 4.30. The van der Waals surface area contributed by atoms with Crippen LogP contribution in [0.4, 0.5) is 5.69 Å². The van der Waals surface area contributed by atoms with Crippen molar-refractivity contribution in [3.8, 4) is 0 Å². The van der Waals surface area contributed by atoms with Crippen LogP contribution in [0, 0.1) is 33.6 Å². The van der Waals surface area contributed by atoms with E-state index < -0.39 is 10.0 Å². The van der Waals surface area contributed by atoms with Gasteiger partial charge in [-0.1, -0.05) is 24.3 Å². The molecule has 31 heavy (non-hydrogen) atoms. The van der Waals surface area contributed by atoms with E-state index in [0.29, 0.717) is 30.8 Å². The average molecular weight is 441 g/mol. The molecule has 5 nitrogen and oxygen atoms in total. The number of piperidine rings is 1. The van der Waals surface area contributed by atoms with Gasteiger partial charge in [-0.3, -0.25) is 4.79 Å². The third kappa shape index (κ3) is 3.92. The van der Waals surface area contributed by atoms with Crippen molar-refractivity contribution in [2.75, 3.05) is 24.5 Å². The van der Waals surface area contributed by atoms with Crippen LogP contribution in [-0.4, -0.2) is 38.3 Å². The molecule has 0 radical (unpaired) electrons. The second-order valence-electron chi connectivity index (χ2n) is 8.99. The molecule has 1 amide bonds. The minimum Gasteiger partial charge on any atom is -0.312 e. The monoisotopic (exact) mass is 440 g/mol. The molecule has 0 aromatic heterocycles. The topological polar surface area (TPSA) is 57.7 Å². The fraction of sp³-hybridized carbons (Fsp3) is 0.480. The van der Waals surface area contributed by atoms with Gasteiger partial charge >= 0.3 is 0 Å². The highest BCUT2D eigenvalue weighted by Gasteiger charge is 2.36. The van der Waals surface area contributed by atoms with Crippen LogP contribution in [-0.2, 0) is 21.2 Å². The Balaban J connectivity index is 1.52. The van der Waals surface area contributed by atoms with Gasteiger partial charge in [-0.05, 0) is 87.3 Å². The number of hydrogen-bond donors (Lipinski definition) is 0. The fourth-order valence-electron chi connectivity index (χ4n) is 5.02. The second kappa shape index (κ2) is 8.40. The van der Waals surface area contributed by atoms with Crippen LogP contribution >= 0.6 is 0 Å². The first-order valence-electron chi connectivity index (χ1n) is 11.2. The van der Waals surface area contributed by atoms with Crippen LogP contribution in [0.2, 0.25) is 0 Å². The fourth-order valence-corrected chi connectivity index (χ4v) is 7.07. The number of anilines is 1. The van der Waals surface area contributed by atoms with Crippen molar-refractivity contribution in [2.24, 2.45) is 5.92 Å². The van der Waals surface area contributed by atoms with Crippen LogP contribution in [0.25, 0.3) is 0 Å². The Morgan fingerprint density at radius 2 is 1.55 bits per heavy atom. The van der Waals surface area contributed by atoms with Crippen LogP contribution in [0.1, 0.15) is 47.1 Å². The van der Waals surface area contributed by atoms with E-state index in [-0.39, 0.29) is 11.8 Å². The maximum absolute atomic E-state index is 13.5. The average Bonchev–Trinajstić information content (AvgIpc) is 2.77. The van der Waals surface area contributed by atoms with E-state index in [0.717, 1.165) is 47.3 Å². The molecule has 0 aliphatic carbocycles. The molecule has 1 saturated heterocycles. The summed E-state index contributed by atoms with van der Waals surface area (Å²) in [6.07, 6.45) is 3.12. The van der Waals surface area contributed by atoms with Gasteiger partial charge in [0.05, 0.1) is 4.90 Å². The summed E-state index contributed by atoms with van der Waals surface area (Å²) < 4.78 is 28.6. The minimum atomic E-state index is -3.58. The zero-order valence-electron chi connectivity index (χ0n) is 18.9. The molecule has 2 aliphatic rings. The third-order valence-corrected chi connectivity index (χ3v) is 9.25. The second-order valence-corrected chi connectivity index (χ2v) is 10.9. The van der Waals surface area contributed by atoms with Crippen molar-refractivity contribution in [3.63, 3.8) is 0 Å². The largest absolute Gasteiger partial charge is 0.312 e. The van der Waals surface area contributed by atoms with Crippen molar-refractivity contribution < 1.29 is 13.2 Å². The van der Waals surface area contributed by atoms with E-state index in [4.69, 9.17) is 0 Å². The Morgan fingerprint density at radius 1 is 0.935 bits per heavy atom. The smallest absolute Gasteiger partial charge is 0.243 e. The Morgan fingerprint density at radius 3 is 2.19 bits per heavy atom. The summed E-state index contributed by atoms with van der Waals surface area (Å²) in [5.74, 6) is 0.0157. The molecule has 0 spiro atoms. The van der Waals surface area contributed by atoms with E-state index in [2.05, 4.69) is 6.07 Å². The molecule has 1 fully saturated rings. The van der Waals surface area contributed by atoms with Gasteiger partial charge in [0.2, 0.25) is 15.9 Å². The van der Waals surface area contributed by atoms with Crippen molar-refractivity contribution in [3.05, 3.63) is 58.1 Å². The molecular formula is C25H32N2O3S. The molecule has 2 aromatic rings. The summed E-state index contributed by atoms with van der Waals surface area (Å²) >= 11 is 0. The number of sulfonamides is 1. The Hall–Kier alpha value is -2.18. The number of para-hydroxylation sites is 1. The highest BCUT2D eigenvalue weighted by Crippen LogP contribution is 2.33. The summed E-state index contributed by atoms with van der Waals surface area (Å²) in [4.78, 5) is 15.7. The molecule has 6 heteroatoms. The number of carbonyl (C=O) groups is 1. The molecule has 0 atom stereocenters. The molecule has 166 valence electrons. The summed E-state index contributed by atoms with van der Waals surface area (Å²) in [5, 5.41) is 0. The van der Waals surface area contributed by atoms with Crippen molar-refractivity contribution in [1.29, 1.82) is 0 Å². The van der Waals surface area contributed by atoms with Gasteiger partial charge in [0.1, 0.15) is 0 Å². The van der Waals surface area contributed by atoms with E-state index in [1.165, 1.54) is 5.56 Å². The lowest BCUT2D eigenvalue weighted by Gasteiger charge is -2.36. The number of carbonyl (C=O) groups excluding carboxylic acids is 1. The van der Waals surface area contributed by atoms with Gasteiger partial charge in [0, 0.05) is 31.2 Å². The SMILES string of the molecule is Cc1cc(C)c(C)c(S(=O)(=O)N2CCC(C(=O)N3CCCc4ccccc43)CC2)c1C. The van der Waals surface area contributed by atoms with Gasteiger partial charge < -0.3 is 4.90 Å². The maximum Gasteiger partial charge on any atom is 0.243 e.